The fourth-order valence-corrected chi connectivity index (χ4v) is 0.995. The summed E-state index contributed by atoms with van der Waals surface area (Å²) in [7, 11) is 0. The van der Waals surface area contributed by atoms with Crippen molar-refractivity contribution in [2.45, 2.75) is 13.8 Å². The molecule has 0 bridgehead atoms. The SMILES string of the molecule is CCOC(=O)/C(C)=N\Nc1ccc(F)c(F)c1. The van der Waals surface area contributed by atoms with Gasteiger partial charge in [-0.1, -0.05) is 0 Å². The van der Waals surface area contributed by atoms with Crippen LogP contribution in [0, 0.1) is 11.6 Å². The zero-order valence-corrected chi connectivity index (χ0v) is 9.46. The predicted molar refractivity (Wildman–Crippen MR) is 59.7 cm³/mol. The van der Waals surface area contributed by atoms with E-state index >= 15 is 0 Å². The first-order valence-corrected chi connectivity index (χ1v) is 4.97. The summed E-state index contributed by atoms with van der Waals surface area (Å²) in [6.45, 7) is 3.37. The largest absolute Gasteiger partial charge is 0.461 e. The molecule has 92 valence electrons. The Morgan fingerprint density at radius 3 is 2.71 bits per heavy atom. The Morgan fingerprint density at radius 1 is 1.41 bits per heavy atom. The van der Waals surface area contributed by atoms with E-state index in [1.165, 1.54) is 13.0 Å². The van der Waals surface area contributed by atoms with Crippen molar-refractivity contribution in [3.05, 3.63) is 29.8 Å². The first-order chi connectivity index (χ1) is 8.04. The van der Waals surface area contributed by atoms with Crippen molar-refractivity contribution in [2.24, 2.45) is 5.10 Å². The van der Waals surface area contributed by atoms with Crippen LogP contribution in [0.25, 0.3) is 0 Å². The van der Waals surface area contributed by atoms with Crippen LogP contribution < -0.4 is 5.43 Å². The molecule has 0 aromatic heterocycles. The molecule has 4 nitrogen and oxygen atoms in total. The molecule has 1 aromatic rings. The van der Waals surface area contributed by atoms with Crippen LogP contribution in [0.15, 0.2) is 23.3 Å². The molecule has 0 aliphatic carbocycles. The maximum Gasteiger partial charge on any atom is 0.354 e. The molecule has 0 radical (unpaired) electrons. The topological polar surface area (TPSA) is 50.7 Å². The average molecular weight is 242 g/mol. The summed E-state index contributed by atoms with van der Waals surface area (Å²) in [5.41, 5.74) is 2.77. The third kappa shape index (κ3) is 3.82. The fraction of sp³-hybridized carbons (Fsp3) is 0.273. The van der Waals surface area contributed by atoms with Crippen molar-refractivity contribution < 1.29 is 18.3 Å². The first kappa shape index (κ1) is 13.1. The van der Waals surface area contributed by atoms with Crippen molar-refractivity contribution in [2.75, 3.05) is 12.0 Å². The predicted octanol–water partition coefficient (Wildman–Crippen LogP) is 2.32. The molecule has 0 spiro atoms. The quantitative estimate of drug-likeness (QED) is 0.500. The molecule has 6 heteroatoms. The molecular weight excluding hydrogens is 230 g/mol. The number of benzene rings is 1. The molecule has 0 aliphatic heterocycles. The Kier molecular flexibility index (Phi) is 4.56. The van der Waals surface area contributed by atoms with E-state index in [4.69, 9.17) is 4.74 Å². The summed E-state index contributed by atoms with van der Waals surface area (Å²) in [6.07, 6.45) is 0. The van der Waals surface area contributed by atoms with E-state index in [1.54, 1.807) is 6.92 Å². The van der Waals surface area contributed by atoms with Gasteiger partial charge in [0.15, 0.2) is 11.6 Å². The van der Waals surface area contributed by atoms with Crippen LogP contribution in [0.4, 0.5) is 14.5 Å². The lowest BCUT2D eigenvalue weighted by Gasteiger charge is -2.03. The van der Waals surface area contributed by atoms with Gasteiger partial charge in [-0.15, -0.1) is 0 Å². The monoisotopic (exact) mass is 242 g/mol. The number of carbonyl (C=O) groups is 1. The molecule has 0 unspecified atom stereocenters. The van der Waals surface area contributed by atoms with Crippen molar-refractivity contribution >= 4 is 17.4 Å². The Bertz CT molecular complexity index is 447. The second-order valence-corrected chi connectivity index (χ2v) is 3.16. The number of anilines is 1. The molecule has 1 rings (SSSR count). The van der Waals surface area contributed by atoms with Gasteiger partial charge in [-0.2, -0.15) is 5.10 Å². The van der Waals surface area contributed by atoms with E-state index in [9.17, 15) is 13.6 Å². The minimum Gasteiger partial charge on any atom is -0.461 e. The highest BCUT2D eigenvalue weighted by Crippen LogP contribution is 2.12. The number of rotatable bonds is 4. The molecule has 0 saturated carbocycles. The van der Waals surface area contributed by atoms with Crippen molar-refractivity contribution in [3.8, 4) is 0 Å². The molecule has 0 fully saturated rings. The van der Waals surface area contributed by atoms with Gasteiger partial charge in [0.2, 0.25) is 0 Å². The standard InChI is InChI=1S/C11H12F2N2O2/c1-3-17-11(16)7(2)14-15-8-4-5-9(12)10(13)6-8/h4-6,15H,3H2,1-2H3/b14-7-. The van der Waals surface area contributed by atoms with Gasteiger partial charge in [-0.25, -0.2) is 13.6 Å². The number of carbonyl (C=O) groups excluding carboxylic acids is 1. The summed E-state index contributed by atoms with van der Waals surface area (Å²) in [6, 6.07) is 3.21. The zero-order chi connectivity index (χ0) is 12.8. The van der Waals surface area contributed by atoms with Gasteiger partial charge in [0.1, 0.15) is 5.71 Å². The minimum atomic E-state index is -0.987. The van der Waals surface area contributed by atoms with E-state index in [-0.39, 0.29) is 18.0 Å². The second kappa shape index (κ2) is 5.93. The number of hydrogen-bond donors (Lipinski definition) is 1. The Labute approximate surface area is 97.3 Å². The summed E-state index contributed by atoms with van der Waals surface area (Å²) in [5.74, 6) is -2.50. The summed E-state index contributed by atoms with van der Waals surface area (Å²) in [4.78, 5) is 11.2. The molecule has 1 N–H and O–H groups in total. The summed E-state index contributed by atoms with van der Waals surface area (Å²) in [5, 5.41) is 3.69. The molecule has 0 heterocycles. The normalized spacial score (nSPS) is 11.2. The maximum absolute atomic E-state index is 12.8. The Balaban J connectivity index is 2.69. The fourth-order valence-electron chi connectivity index (χ4n) is 0.995. The Morgan fingerprint density at radius 2 is 2.12 bits per heavy atom. The zero-order valence-electron chi connectivity index (χ0n) is 9.46. The molecule has 0 atom stereocenters. The number of esters is 1. The third-order valence-corrected chi connectivity index (χ3v) is 1.84. The maximum atomic E-state index is 12.8. The third-order valence-electron chi connectivity index (χ3n) is 1.84. The highest BCUT2D eigenvalue weighted by Gasteiger charge is 2.06. The molecule has 0 aliphatic rings. The van der Waals surface area contributed by atoms with Gasteiger partial charge in [-0.3, -0.25) is 5.43 Å². The molecule has 0 saturated heterocycles. The van der Waals surface area contributed by atoms with Crippen molar-refractivity contribution in [1.82, 2.24) is 0 Å². The van der Waals surface area contributed by atoms with Crippen LogP contribution in [0.1, 0.15) is 13.8 Å². The summed E-state index contributed by atoms with van der Waals surface area (Å²) >= 11 is 0. The van der Waals surface area contributed by atoms with Crippen LogP contribution in [0.5, 0.6) is 0 Å². The van der Waals surface area contributed by atoms with Crippen LogP contribution >= 0.6 is 0 Å². The van der Waals surface area contributed by atoms with Gasteiger partial charge >= 0.3 is 5.97 Å². The number of hydrogen-bond acceptors (Lipinski definition) is 4. The molecule has 17 heavy (non-hydrogen) atoms. The number of nitrogens with zero attached hydrogens (tertiary/aromatic N) is 1. The molecule has 0 amide bonds. The van der Waals surface area contributed by atoms with Crippen LogP contribution in [0.2, 0.25) is 0 Å². The highest BCUT2D eigenvalue weighted by atomic mass is 19.2. The number of nitrogens with one attached hydrogen (secondary N) is 1. The smallest absolute Gasteiger partial charge is 0.354 e. The van der Waals surface area contributed by atoms with E-state index < -0.39 is 17.6 Å². The highest BCUT2D eigenvalue weighted by molar-refractivity contribution is 6.35. The number of ether oxygens (including phenoxy) is 1. The lowest BCUT2D eigenvalue weighted by atomic mass is 10.3. The number of halogens is 2. The van der Waals surface area contributed by atoms with Gasteiger partial charge in [-0.05, 0) is 26.0 Å². The van der Waals surface area contributed by atoms with Crippen LogP contribution in [0.3, 0.4) is 0 Å². The Hall–Kier alpha value is -1.98. The van der Waals surface area contributed by atoms with Gasteiger partial charge < -0.3 is 4.74 Å². The van der Waals surface area contributed by atoms with E-state index in [1.807, 2.05) is 0 Å². The van der Waals surface area contributed by atoms with E-state index in [2.05, 4.69) is 10.5 Å². The average Bonchev–Trinajstić information content (AvgIpc) is 2.30. The van der Waals surface area contributed by atoms with Crippen LogP contribution in [-0.4, -0.2) is 18.3 Å². The van der Waals surface area contributed by atoms with E-state index in [0.29, 0.717) is 0 Å². The lowest BCUT2D eigenvalue weighted by Crippen LogP contribution is -2.15. The first-order valence-electron chi connectivity index (χ1n) is 4.97. The summed E-state index contributed by atoms with van der Waals surface area (Å²) < 4.78 is 30.1. The van der Waals surface area contributed by atoms with Crippen molar-refractivity contribution in [3.63, 3.8) is 0 Å². The molecule has 1 aromatic carbocycles. The van der Waals surface area contributed by atoms with Crippen LogP contribution in [-0.2, 0) is 9.53 Å². The van der Waals surface area contributed by atoms with Gasteiger partial charge in [0.25, 0.3) is 0 Å². The van der Waals surface area contributed by atoms with Gasteiger partial charge in [0.05, 0.1) is 12.3 Å². The minimum absolute atomic E-state index is 0.0941. The number of hydrazone groups is 1. The second-order valence-electron chi connectivity index (χ2n) is 3.16. The van der Waals surface area contributed by atoms with Crippen molar-refractivity contribution in [1.29, 1.82) is 0 Å². The van der Waals surface area contributed by atoms with E-state index in [0.717, 1.165) is 12.1 Å². The molecular formula is C11H12F2N2O2. The lowest BCUT2D eigenvalue weighted by molar-refractivity contribution is -0.135. The van der Waals surface area contributed by atoms with Gasteiger partial charge in [0, 0.05) is 6.07 Å².